The second-order valence-corrected chi connectivity index (χ2v) is 2.42. The summed E-state index contributed by atoms with van der Waals surface area (Å²) in [6.07, 6.45) is -4.59. The topological polar surface area (TPSA) is 61.9 Å². The highest BCUT2D eigenvalue weighted by molar-refractivity contribution is 5.09. The van der Waals surface area contributed by atoms with E-state index in [0.717, 1.165) is 0 Å². The third-order valence-electron chi connectivity index (χ3n) is 1.40. The summed E-state index contributed by atoms with van der Waals surface area (Å²) in [5.41, 5.74) is -2.11. The van der Waals surface area contributed by atoms with Gasteiger partial charge in [0.25, 0.3) is 5.62 Å². The summed E-state index contributed by atoms with van der Waals surface area (Å²) in [5, 5.41) is 15.8. The van der Waals surface area contributed by atoms with Crippen LogP contribution in [0.4, 0.5) is 13.2 Å². The first-order chi connectivity index (χ1) is 5.82. The zero-order valence-corrected chi connectivity index (χ0v) is 6.55. The van der Waals surface area contributed by atoms with Gasteiger partial charge in [-0.2, -0.15) is 17.9 Å². The molecule has 0 aliphatic carbocycles. The number of nitrogens with zero attached hydrogens (tertiary/aromatic N) is 2. The highest BCUT2D eigenvalue weighted by atomic mass is 19.4. The van der Waals surface area contributed by atoms with Crippen molar-refractivity contribution in [2.24, 2.45) is 0 Å². The number of halogens is 3. The first kappa shape index (κ1) is 9.56. The number of aromatic nitrogens is 2. The summed E-state index contributed by atoms with van der Waals surface area (Å²) in [6, 6.07) is 0.665. The molecule has 0 saturated heterocycles. The van der Waals surface area contributed by atoms with E-state index in [2.05, 4.69) is 4.98 Å². The molecular formula is C6H6F3N3O. The maximum absolute atomic E-state index is 12.0. The van der Waals surface area contributed by atoms with Crippen molar-refractivity contribution in [2.45, 2.75) is 13.1 Å². The molecule has 7 heteroatoms. The summed E-state index contributed by atoms with van der Waals surface area (Å²) >= 11 is 0. The molecule has 0 radical (unpaired) electrons. The Hall–Kier alpha value is -1.53. The zero-order chi connectivity index (χ0) is 10.2. The normalized spacial score (nSPS) is 11.7. The molecular weight excluding hydrogens is 187 g/mol. The molecule has 0 aliphatic heterocycles. The van der Waals surface area contributed by atoms with Crippen LogP contribution in [0.2, 0.25) is 0 Å². The summed E-state index contributed by atoms with van der Waals surface area (Å²) in [6.45, 7) is 1.25. The minimum Gasteiger partial charge on any atom is -0.425 e. The average molecular weight is 193 g/mol. The van der Waals surface area contributed by atoms with Crippen LogP contribution in [-0.4, -0.2) is 14.9 Å². The van der Waals surface area contributed by atoms with E-state index >= 15 is 0 Å². The molecule has 1 aromatic heterocycles. The molecule has 72 valence electrons. The number of alkyl halides is 3. The molecule has 0 aromatic carbocycles. The number of nitrogens with one attached hydrogen (secondary N) is 1. The van der Waals surface area contributed by atoms with E-state index in [-0.39, 0.29) is 10.4 Å². The fourth-order valence-electron chi connectivity index (χ4n) is 0.765. The molecule has 1 aromatic rings. The van der Waals surface area contributed by atoms with Crippen LogP contribution in [0.15, 0.2) is 6.07 Å². The molecule has 1 rings (SSSR count). The van der Waals surface area contributed by atoms with Crippen LogP contribution >= 0.6 is 0 Å². The lowest BCUT2D eigenvalue weighted by molar-refractivity contribution is -0.141. The van der Waals surface area contributed by atoms with E-state index in [1.54, 1.807) is 0 Å². The van der Waals surface area contributed by atoms with Crippen LogP contribution in [0.25, 0.3) is 0 Å². The lowest BCUT2D eigenvalue weighted by atomic mass is 10.3. The molecule has 0 fully saturated rings. The van der Waals surface area contributed by atoms with Crippen molar-refractivity contribution < 1.29 is 18.4 Å². The van der Waals surface area contributed by atoms with Gasteiger partial charge >= 0.3 is 6.18 Å². The number of hydrogen-bond donors (Lipinski definition) is 2. The highest BCUT2D eigenvalue weighted by Crippen LogP contribution is 2.26. The van der Waals surface area contributed by atoms with Crippen LogP contribution in [0, 0.1) is 12.3 Å². The fourth-order valence-corrected chi connectivity index (χ4v) is 0.765. The van der Waals surface area contributed by atoms with Crippen molar-refractivity contribution in [3.8, 4) is 0 Å². The Kier molecular flexibility index (Phi) is 2.02. The molecule has 0 aliphatic rings. The van der Waals surface area contributed by atoms with E-state index in [0.29, 0.717) is 6.07 Å². The Bertz CT molecular complexity index is 382. The number of hydrogen-bond acceptors (Lipinski definition) is 3. The maximum atomic E-state index is 12.0. The Morgan fingerprint density at radius 2 is 2.08 bits per heavy atom. The molecule has 13 heavy (non-hydrogen) atoms. The van der Waals surface area contributed by atoms with Crippen molar-refractivity contribution in [1.82, 2.24) is 9.71 Å². The average Bonchev–Trinajstić information content (AvgIpc) is 1.97. The van der Waals surface area contributed by atoms with Crippen LogP contribution in [0.1, 0.15) is 11.4 Å². The summed E-state index contributed by atoms with van der Waals surface area (Å²) < 4.78 is 36.4. The predicted octanol–water partition coefficient (Wildman–Crippen LogP) is 0.927. The summed E-state index contributed by atoms with van der Waals surface area (Å²) in [7, 11) is 0. The van der Waals surface area contributed by atoms with Gasteiger partial charge in [0.2, 0.25) is 0 Å². The molecule has 0 amide bonds. The maximum Gasteiger partial charge on any atom is 0.433 e. The van der Waals surface area contributed by atoms with Gasteiger partial charge in [-0.05, 0) is 13.0 Å². The summed E-state index contributed by atoms with van der Waals surface area (Å²) in [4.78, 5) is 2.86. The van der Waals surface area contributed by atoms with E-state index < -0.39 is 17.5 Å². The third-order valence-corrected chi connectivity index (χ3v) is 1.40. The first-order valence-electron chi connectivity index (χ1n) is 3.24. The second-order valence-electron chi connectivity index (χ2n) is 2.42. The molecule has 0 unspecified atom stereocenters. The zero-order valence-electron chi connectivity index (χ0n) is 6.55. The van der Waals surface area contributed by atoms with Gasteiger partial charge in [-0.3, -0.25) is 5.41 Å². The molecule has 4 nitrogen and oxygen atoms in total. The molecule has 0 bridgehead atoms. The predicted molar refractivity (Wildman–Crippen MR) is 35.0 cm³/mol. The van der Waals surface area contributed by atoms with Gasteiger partial charge in [0, 0.05) is 0 Å². The minimum absolute atomic E-state index is 0.0904. The summed E-state index contributed by atoms with van der Waals surface area (Å²) in [5.74, 6) is 0. The van der Waals surface area contributed by atoms with Crippen LogP contribution < -0.4 is 5.62 Å². The minimum atomic E-state index is -4.59. The van der Waals surface area contributed by atoms with Gasteiger partial charge in [0.15, 0.2) is 0 Å². The largest absolute Gasteiger partial charge is 0.433 e. The van der Waals surface area contributed by atoms with Crippen molar-refractivity contribution >= 4 is 0 Å². The van der Waals surface area contributed by atoms with Crippen molar-refractivity contribution in [3.63, 3.8) is 0 Å². The van der Waals surface area contributed by atoms with Crippen molar-refractivity contribution in [3.05, 3.63) is 23.1 Å². The fraction of sp³-hybridized carbons (Fsp3) is 0.333. The van der Waals surface area contributed by atoms with Gasteiger partial charge < -0.3 is 5.21 Å². The molecule has 0 saturated carbocycles. The monoisotopic (exact) mass is 193 g/mol. The van der Waals surface area contributed by atoms with Crippen LogP contribution in [0.5, 0.6) is 0 Å². The number of rotatable bonds is 0. The quantitative estimate of drug-likeness (QED) is 0.602. The van der Waals surface area contributed by atoms with E-state index in [1.165, 1.54) is 6.92 Å². The van der Waals surface area contributed by atoms with Gasteiger partial charge in [-0.15, -0.1) is 0 Å². The van der Waals surface area contributed by atoms with E-state index in [1.807, 2.05) is 0 Å². The molecule has 0 spiro atoms. The smallest absolute Gasteiger partial charge is 0.425 e. The third kappa shape index (κ3) is 1.79. The Balaban J connectivity index is 3.38. The van der Waals surface area contributed by atoms with Crippen LogP contribution in [-0.2, 0) is 6.18 Å². The van der Waals surface area contributed by atoms with E-state index in [4.69, 9.17) is 10.6 Å². The van der Waals surface area contributed by atoms with Crippen molar-refractivity contribution in [2.75, 3.05) is 0 Å². The lowest BCUT2D eigenvalue weighted by Gasteiger charge is -2.07. The van der Waals surface area contributed by atoms with Crippen molar-refractivity contribution in [1.29, 1.82) is 5.41 Å². The Morgan fingerprint density at radius 1 is 1.54 bits per heavy atom. The van der Waals surface area contributed by atoms with Gasteiger partial charge in [-0.25, -0.2) is 4.98 Å². The molecule has 2 N–H and O–H groups in total. The highest BCUT2D eigenvalue weighted by Gasteiger charge is 2.33. The van der Waals surface area contributed by atoms with Gasteiger partial charge in [0.05, 0.1) is 5.69 Å². The van der Waals surface area contributed by atoms with Gasteiger partial charge in [0.1, 0.15) is 5.69 Å². The molecule has 0 atom stereocenters. The SMILES string of the molecule is Cc1cc(C(F)(F)F)nc(=N)n1O. The van der Waals surface area contributed by atoms with E-state index in [9.17, 15) is 13.2 Å². The Labute approximate surface area is 70.7 Å². The van der Waals surface area contributed by atoms with Crippen LogP contribution in [0.3, 0.4) is 0 Å². The standard InChI is InChI=1S/C6H6F3N3O/c1-3-2-4(6(7,8)9)11-5(10)12(3)13/h2,10,13H,1H3. The first-order valence-corrected chi connectivity index (χ1v) is 3.24. The second kappa shape index (κ2) is 2.75. The Morgan fingerprint density at radius 3 is 2.46 bits per heavy atom. The molecule has 1 heterocycles. The lowest BCUT2D eigenvalue weighted by Crippen LogP contribution is -2.27. The number of aryl methyl sites for hydroxylation is 1. The van der Waals surface area contributed by atoms with Gasteiger partial charge in [-0.1, -0.05) is 0 Å².